The van der Waals surface area contributed by atoms with Gasteiger partial charge in [-0.05, 0) is 50.3 Å². The summed E-state index contributed by atoms with van der Waals surface area (Å²) < 4.78 is 28.5. The van der Waals surface area contributed by atoms with Gasteiger partial charge in [-0.15, -0.1) is 0 Å². The van der Waals surface area contributed by atoms with Gasteiger partial charge < -0.3 is 24.7 Å². The number of benzene rings is 1. The van der Waals surface area contributed by atoms with Gasteiger partial charge in [0.1, 0.15) is 11.5 Å². The molecule has 10 heteroatoms. The number of hydrogen-bond donors (Lipinski definition) is 2. The monoisotopic (exact) mass is 526 g/mol. The third-order valence-corrected chi connectivity index (χ3v) is 7.45. The lowest BCUT2D eigenvalue weighted by Crippen LogP contribution is -2.17. The Morgan fingerprint density at radius 1 is 1.18 bits per heavy atom. The molecule has 2 aliphatic heterocycles. The summed E-state index contributed by atoms with van der Waals surface area (Å²) in [5, 5.41) is 5.74. The number of amides is 1. The first-order valence-corrected chi connectivity index (χ1v) is 12.9. The average Bonchev–Trinajstić information content (AvgIpc) is 3.71. The smallest absolute Gasteiger partial charge is 0.256 e. The zero-order chi connectivity index (χ0) is 26.7. The number of carbonyl (C=O) groups is 1. The molecule has 1 fully saturated rings. The van der Waals surface area contributed by atoms with Crippen LogP contribution in [0.25, 0.3) is 28.0 Å². The minimum atomic E-state index is -1.65. The van der Waals surface area contributed by atoms with Crippen molar-refractivity contribution in [2.75, 3.05) is 32.6 Å². The molecule has 2 atom stereocenters. The van der Waals surface area contributed by atoms with Gasteiger partial charge in [0.2, 0.25) is 0 Å². The van der Waals surface area contributed by atoms with E-state index in [9.17, 15) is 4.79 Å². The molecule has 5 aromatic rings. The fraction of sp³-hybridized carbons (Fsp3) is 0.276. The van der Waals surface area contributed by atoms with Crippen molar-refractivity contribution in [3.05, 3.63) is 77.3 Å². The summed E-state index contributed by atoms with van der Waals surface area (Å²) in [5.41, 5.74) is 6.63. The first kappa shape index (κ1) is 23.8. The molecule has 0 radical (unpaired) electrons. The standard InChI is InChI=1S/C29H27FN6O3/c1-35(2)14-20-17(16-9-11-38-15-16)4-7-24(33-20)32-19-5-3-18(26-27(19)29(37)34-28(26)30)22-13-31-25-8-6-23-21(36(22)25)10-12-39-23/h3-8,10,12-13,16,28H,9,11,14-15H2,1-2H3,(H,32,33)(H,34,37)/t16-,28+/m0/s1. The van der Waals surface area contributed by atoms with E-state index in [4.69, 9.17) is 14.1 Å². The fourth-order valence-electron chi connectivity index (χ4n) is 5.71. The maximum atomic E-state index is 15.4. The summed E-state index contributed by atoms with van der Waals surface area (Å²) in [5.74, 6) is 0.433. The van der Waals surface area contributed by atoms with Crippen molar-refractivity contribution in [3.8, 4) is 11.3 Å². The predicted octanol–water partition coefficient (Wildman–Crippen LogP) is 5.16. The molecule has 0 spiro atoms. The Morgan fingerprint density at radius 3 is 2.90 bits per heavy atom. The normalized spacial score (nSPS) is 18.8. The Kier molecular flexibility index (Phi) is 5.60. The van der Waals surface area contributed by atoms with Gasteiger partial charge in [-0.2, -0.15) is 0 Å². The van der Waals surface area contributed by atoms with Gasteiger partial charge >= 0.3 is 0 Å². The summed E-state index contributed by atoms with van der Waals surface area (Å²) in [6.45, 7) is 2.11. The van der Waals surface area contributed by atoms with Crippen LogP contribution in [0.1, 0.15) is 45.8 Å². The van der Waals surface area contributed by atoms with Crippen LogP contribution in [0.4, 0.5) is 15.9 Å². The summed E-state index contributed by atoms with van der Waals surface area (Å²) in [4.78, 5) is 24.5. The molecule has 4 aromatic heterocycles. The van der Waals surface area contributed by atoms with E-state index in [1.165, 1.54) is 5.56 Å². The molecule has 2 aliphatic rings. The highest BCUT2D eigenvalue weighted by molar-refractivity contribution is 6.06. The SMILES string of the molecule is CN(C)Cc1nc(Nc2ccc(-c3cnc4ccc5occc5n34)c3c2C(=O)N[C@H]3F)ccc1[C@H]1CCOC1. The van der Waals surface area contributed by atoms with E-state index in [0.717, 1.165) is 24.2 Å². The van der Waals surface area contributed by atoms with E-state index in [2.05, 4.69) is 26.6 Å². The topological polar surface area (TPSA) is 96.9 Å². The molecule has 1 aromatic carbocycles. The number of ether oxygens (including phenoxy) is 1. The van der Waals surface area contributed by atoms with Crippen molar-refractivity contribution >= 4 is 34.2 Å². The zero-order valence-electron chi connectivity index (χ0n) is 21.6. The number of nitrogens with zero attached hydrogens (tertiary/aromatic N) is 4. The molecular weight excluding hydrogens is 499 g/mol. The second kappa shape index (κ2) is 9.18. The molecule has 9 nitrogen and oxygen atoms in total. The Morgan fingerprint density at radius 2 is 2.08 bits per heavy atom. The third kappa shape index (κ3) is 3.95. The highest BCUT2D eigenvalue weighted by atomic mass is 19.1. The minimum Gasteiger partial charge on any atom is -0.463 e. The number of halogens is 1. The maximum Gasteiger partial charge on any atom is 0.256 e. The van der Waals surface area contributed by atoms with Gasteiger partial charge in [0, 0.05) is 36.3 Å². The number of carbonyl (C=O) groups excluding carboxylic acids is 1. The van der Waals surface area contributed by atoms with Crippen LogP contribution >= 0.6 is 0 Å². The van der Waals surface area contributed by atoms with Gasteiger partial charge in [0.15, 0.2) is 11.9 Å². The number of rotatable bonds is 6. The summed E-state index contributed by atoms with van der Waals surface area (Å²) in [6.07, 6.45) is 2.62. The molecule has 7 rings (SSSR count). The third-order valence-electron chi connectivity index (χ3n) is 7.45. The highest BCUT2D eigenvalue weighted by Crippen LogP contribution is 2.41. The number of alkyl halides is 1. The molecule has 2 N–H and O–H groups in total. The van der Waals surface area contributed by atoms with Crippen molar-refractivity contribution < 1.29 is 18.3 Å². The van der Waals surface area contributed by atoms with E-state index in [-0.39, 0.29) is 11.1 Å². The number of furan rings is 1. The summed E-state index contributed by atoms with van der Waals surface area (Å²) in [7, 11) is 4.01. The fourth-order valence-corrected chi connectivity index (χ4v) is 5.71. The molecular formula is C29H27FN6O3. The van der Waals surface area contributed by atoms with E-state index < -0.39 is 12.2 Å². The van der Waals surface area contributed by atoms with Gasteiger partial charge in [0.05, 0.1) is 47.2 Å². The van der Waals surface area contributed by atoms with Crippen LogP contribution in [0.3, 0.4) is 0 Å². The Balaban J connectivity index is 1.32. The second-order valence-electron chi connectivity index (χ2n) is 10.3. The van der Waals surface area contributed by atoms with Crippen LogP contribution in [0, 0.1) is 0 Å². The van der Waals surface area contributed by atoms with Crippen LogP contribution in [0.2, 0.25) is 0 Å². The van der Waals surface area contributed by atoms with Gasteiger partial charge in [-0.1, -0.05) is 12.1 Å². The van der Waals surface area contributed by atoms with E-state index in [0.29, 0.717) is 53.1 Å². The summed E-state index contributed by atoms with van der Waals surface area (Å²) in [6, 6.07) is 13.2. The minimum absolute atomic E-state index is 0.263. The van der Waals surface area contributed by atoms with E-state index >= 15 is 4.39 Å². The Labute approximate surface area is 223 Å². The first-order valence-electron chi connectivity index (χ1n) is 12.9. The number of imidazole rings is 1. The lowest BCUT2D eigenvalue weighted by atomic mass is 9.96. The molecule has 0 aliphatic carbocycles. The van der Waals surface area contributed by atoms with Crippen molar-refractivity contribution in [1.82, 2.24) is 24.6 Å². The number of hydrogen-bond acceptors (Lipinski definition) is 7. The summed E-state index contributed by atoms with van der Waals surface area (Å²) >= 11 is 0. The van der Waals surface area contributed by atoms with Crippen molar-refractivity contribution in [3.63, 3.8) is 0 Å². The van der Waals surface area contributed by atoms with Crippen LogP contribution in [0.5, 0.6) is 0 Å². The zero-order valence-corrected chi connectivity index (χ0v) is 21.6. The highest BCUT2D eigenvalue weighted by Gasteiger charge is 2.35. The lowest BCUT2D eigenvalue weighted by Gasteiger charge is -2.19. The van der Waals surface area contributed by atoms with Crippen LogP contribution < -0.4 is 10.6 Å². The molecule has 1 saturated heterocycles. The first-order chi connectivity index (χ1) is 19.0. The molecule has 6 heterocycles. The number of aromatic nitrogens is 3. The Hall–Kier alpha value is -4.28. The van der Waals surface area contributed by atoms with Crippen molar-refractivity contribution in [1.29, 1.82) is 0 Å². The van der Waals surface area contributed by atoms with E-state index in [1.54, 1.807) is 18.5 Å². The van der Waals surface area contributed by atoms with Gasteiger partial charge in [-0.25, -0.2) is 14.4 Å². The lowest BCUT2D eigenvalue weighted by molar-refractivity contribution is 0.0929. The predicted molar refractivity (Wildman–Crippen MR) is 145 cm³/mol. The number of anilines is 2. The van der Waals surface area contributed by atoms with Crippen molar-refractivity contribution in [2.24, 2.45) is 0 Å². The van der Waals surface area contributed by atoms with Crippen LogP contribution in [0.15, 0.2) is 59.3 Å². The Bertz CT molecular complexity index is 1740. The molecule has 1 amide bonds. The molecule has 198 valence electrons. The quantitative estimate of drug-likeness (QED) is 0.295. The number of pyridine rings is 2. The van der Waals surface area contributed by atoms with Crippen LogP contribution in [-0.2, 0) is 11.3 Å². The maximum absolute atomic E-state index is 15.4. The molecule has 0 unspecified atom stereocenters. The molecule has 39 heavy (non-hydrogen) atoms. The average molecular weight is 527 g/mol. The number of fused-ring (bicyclic) bond motifs is 4. The van der Waals surface area contributed by atoms with Gasteiger partial charge in [-0.3, -0.25) is 9.20 Å². The van der Waals surface area contributed by atoms with Crippen LogP contribution in [-0.4, -0.2) is 52.5 Å². The van der Waals surface area contributed by atoms with Gasteiger partial charge in [0.25, 0.3) is 5.91 Å². The molecule has 0 saturated carbocycles. The molecule has 0 bridgehead atoms. The second-order valence-corrected chi connectivity index (χ2v) is 10.3. The number of nitrogens with one attached hydrogen (secondary N) is 2. The van der Waals surface area contributed by atoms with E-state index in [1.807, 2.05) is 48.8 Å². The van der Waals surface area contributed by atoms with Crippen molar-refractivity contribution in [2.45, 2.75) is 25.2 Å². The largest absolute Gasteiger partial charge is 0.463 e.